The zero-order valence-electron chi connectivity index (χ0n) is 10.3. The summed E-state index contributed by atoms with van der Waals surface area (Å²) in [5.41, 5.74) is 1.68. The van der Waals surface area contributed by atoms with Crippen LogP contribution < -0.4 is 10.1 Å². The van der Waals surface area contributed by atoms with Crippen molar-refractivity contribution in [3.63, 3.8) is 0 Å². The van der Waals surface area contributed by atoms with Crippen molar-refractivity contribution in [1.82, 2.24) is 10.3 Å². The molecule has 0 saturated heterocycles. The van der Waals surface area contributed by atoms with Crippen LogP contribution in [0.15, 0.2) is 18.3 Å². The van der Waals surface area contributed by atoms with Gasteiger partial charge in [0.1, 0.15) is 0 Å². The van der Waals surface area contributed by atoms with Gasteiger partial charge in [0.25, 0.3) is 0 Å². The normalized spacial score (nSPS) is 21.8. The lowest BCUT2D eigenvalue weighted by molar-refractivity contribution is 0.390. The van der Waals surface area contributed by atoms with Crippen molar-refractivity contribution in [2.75, 3.05) is 13.7 Å². The second-order valence-electron chi connectivity index (χ2n) is 5.19. The second-order valence-corrected chi connectivity index (χ2v) is 5.19. The van der Waals surface area contributed by atoms with E-state index >= 15 is 0 Å². The molecule has 1 unspecified atom stereocenters. The summed E-state index contributed by atoms with van der Waals surface area (Å²) in [6.07, 6.45) is 3.09. The van der Waals surface area contributed by atoms with Crippen molar-refractivity contribution in [2.24, 2.45) is 11.3 Å². The van der Waals surface area contributed by atoms with E-state index in [1.165, 1.54) is 6.42 Å². The fraction of sp³-hybridized carbons (Fsp3) is 0.615. The molecule has 1 fully saturated rings. The lowest BCUT2D eigenvalue weighted by Gasteiger charge is -2.09. The quantitative estimate of drug-likeness (QED) is 0.826. The third-order valence-corrected chi connectivity index (χ3v) is 3.47. The molecule has 3 nitrogen and oxygen atoms in total. The van der Waals surface area contributed by atoms with Gasteiger partial charge in [-0.25, -0.2) is 4.98 Å². The summed E-state index contributed by atoms with van der Waals surface area (Å²) in [4.78, 5) is 4.18. The van der Waals surface area contributed by atoms with Crippen LogP contribution in [0, 0.1) is 11.3 Å². The fourth-order valence-electron chi connectivity index (χ4n) is 2.05. The standard InChI is InChI=1S/C13H20N2O/c1-13(2)7-11(13)9-14-8-10-5-4-6-15-12(10)16-3/h4-6,11,14H,7-9H2,1-3H3. The van der Waals surface area contributed by atoms with E-state index in [0.29, 0.717) is 5.41 Å². The SMILES string of the molecule is COc1ncccc1CNCC1CC1(C)C. The third-order valence-electron chi connectivity index (χ3n) is 3.47. The molecule has 1 aromatic rings. The van der Waals surface area contributed by atoms with Crippen LogP contribution in [-0.2, 0) is 6.54 Å². The summed E-state index contributed by atoms with van der Waals surface area (Å²) >= 11 is 0. The van der Waals surface area contributed by atoms with Crippen molar-refractivity contribution in [1.29, 1.82) is 0 Å². The first-order valence-corrected chi connectivity index (χ1v) is 5.82. The molecule has 2 rings (SSSR count). The molecule has 0 amide bonds. The molecule has 1 aliphatic rings. The number of nitrogens with zero attached hydrogens (tertiary/aromatic N) is 1. The maximum absolute atomic E-state index is 5.21. The molecule has 1 aliphatic carbocycles. The minimum atomic E-state index is 0.548. The zero-order valence-corrected chi connectivity index (χ0v) is 10.3. The Labute approximate surface area is 97.2 Å². The van der Waals surface area contributed by atoms with Crippen molar-refractivity contribution < 1.29 is 4.74 Å². The Morgan fingerprint density at radius 2 is 2.31 bits per heavy atom. The van der Waals surface area contributed by atoms with Crippen LogP contribution in [0.25, 0.3) is 0 Å². The number of aromatic nitrogens is 1. The first-order chi connectivity index (χ1) is 7.63. The van der Waals surface area contributed by atoms with Crippen molar-refractivity contribution in [3.05, 3.63) is 23.9 Å². The lowest BCUT2D eigenvalue weighted by Crippen LogP contribution is -2.18. The monoisotopic (exact) mass is 220 g/mol. The first-order valence-electron chi connectivity index (χ1n) is 5.82. The summed E-state index contributed by atoms with van der Waals surface area (Å²) in [5, 5.41) is 3.47. The maximum Gasteiger partial charge on any atom is 0.217 e. The Morgan fingerprint density at radius 3 is 2.94 bits per heavy atom. The largest absolute Gasteiger partial charge is 0.481 e. The van der Waals surface area contributed by atoms with Crippen LogP contribution >= 0.6 is 0 Å². The minimum absolute atomic E-state index is 0.548. The molecule has 1 saturated carbocycles. The molecule has 1 aromatic heterocycles. The Hall–Kier alpha value is -1.09. The number of methoxy groups -OCH3 is 1. The molecule has 1 N–H and O–H groups in total. The van der Waals surface area contributed by atoms with E-state index in [4.69, 9.17) is 4.74 Å². The molecular weight excluding hydrogens is 200 g/mol. The van der Waals surface area contributed by atoms with Gasteiger partial charge in [-0.05, 0) is 30.4 Å². The molecule has 1 atom stereocenters. The Balaban J connectivity index is 1.81. The molecule has 0 spiro atoms. The summed E-state index contributed by atoms with van der Waals surface area (Å²) in [6.45, 7) is 6.57. The number of hydrogen-bond acceptors (Lipinski definition) is 3. The van der Waals surface area contributed by atoms with Crippen LogP contribution in [-0.4, -0.2) is 18.6 Å². The predicted molar refractivity (Wildman–Crippen MR) is 64.4 cm³/mol. The number of pyridine rings is 1. The average Bonchev–Trinajstić information content (AvgIpc) is 2.87. The molecule has 3 heteroatoms. The Morgan fingerprint density at radius 1 is 1.56 bits per heavy atom. The van der Waals surface area contributed by atoms with Crippen molar-refractivity contribution in [3.8, 4) is 5.88 Å². The summed E-state index contributed by atoms with van der Waals surface area (Å²) in [7, 11) is 1.66. The second kappa shape index (κ2) is 4.42. The number of ether oxygens (including phenoxy) is 1. The molecule has 0 aliphatic heterocycles. The number of hydrogen-bond donors (Lipinski definition) is 1. The fourth-order valence-corrected chi connectivity index (χ4v) is 2.05. The van der Waals surface area contributed by atoms with E-state index in [0.717, 1.165) is 30.5 Å². The third kappa shape index (κ3) is 2.53. The lowest BCUT2D eigenvalue weighted by atomic mass is 10.1. The smallest absolute Gasteiger partial charge is 0.217 e. The van der Waals surface area contributed by atoms with E-state index in [9.17, 15) is 0 Å². The number of nitrogens with one attached hydrogen (secondary N) is 1. The van der Waals surface area contributed by atoms with E-state index in [-0.39, 0.29) is 0 Å². The summed E-state index contributed by atoms with van der Waals surface area (Å²) in [6, 6.07) is 4.00. The predicted octanol–water partition coefficient (Wildman–Crippen LogP) is 2.23. The Bertz CT molecular complexity index is 363. The first kappa shape index (κ1) is 11.4. The zero-order chi connectivity index (χ0) is 11.6. The van der Waals surface area contributed by atoms with E-state index in [1.54, 1.807) is 13.3 Å². The van der Waals surface area contributed by atoms with Gasteiger partial charge in [-0.3, -0.25) is 0 Å². The topological polar surface area (TPSA) is 34.1 Å². The van der Waals surface area contributed by atoms with E-state index < -0.39 is 0 Å². The molecule has 0 radical (unpaired) electrons. The highest BCUT2D eigenvalue weighted by atomic mass is 16.5. The van der Waals surface area contributed by atoms with Gasteiger partial charge < -0.3 is 10.1 Å². The molecule has 0 aromatic carbocycles. The van der Waals surface area contributed by atoms with Crippen molar-refractivity contribution in [2.45, 2.75) is 26.8 Å². The molecule has 88 valence electrons. The van der Waals surface area contributed by atoms with Crippen LogP contribution in [0.2, 0.25) is 0 Å². The van der Waals surface area contributed by atoms with Gasteiger partial charge >= 0.3 is 0 Å². The molecular formula is C13H20N2O. The Kier molecular flexibility index (Phi) is 3.15. The van der Waals surface area contributed by atoms with Crippen LogP contribution in [0.3, 0.4) is 0 Å². The van der Waals surface area contributed by atoms with Crippen LogP contribution in [0.5, 0.6) is 5.88 Å². The van der Waals surface area contributed by atoms with E-state index in [1.807, 2.05) is 6.07 Å². The highest BCUT2D eigenvalue weighted by molar-refractivity contribution is 5.25. The van der Waals surface area contributed by atoms with Gasteiger partial charge in [0.2, 0.25) is 5.88 Å². The minimum Gasteiger partial charge on any atom is -0.481 e. The highest BCUT2D eigenvalue weighted by Gasteiger charge is 2.44. The van der Waals surface area contributed by atoms with E-state index in [2.05, 4.69) is 30.2 Å². The van der Waals surface area contributed by atoms with Crippen LogP contribution in [0.1, 0.15) is 25.8 Å². The van der Waals surface area contributed by atoms with Crippen molar-refractivity contribution >= 4 is 0 Å². The average molecular weight is 220 g/mol. The van der Waals surface area contributed by atoms with Gasteiger partial charge in [-0.2, -0.15) is 0 Å². The van der Waals surface area contributed by atoms with Gasteiger partial charge in [0, 0.05) is 18.3 Å². The molecule has 16 heavy (non-hydrogen) atoms. The van der Waals surface area contributed by atoms with Gasteiger partial charge in [-0.1, -0.05) is 19.9 Å². The summed E-state index contributed by atoms with van der Waals surface area (Å²) in [5.74, 6) is 1.56. The number of rotatable bonds is 5. The molecule has 1 heterocycles. The molecule has 0 bridgehead atoms. The highest BCUT2D eigenvalue weighted by Crippen LogP contribution is 2.50. The summed E-state index contributed by atoms with van der Waals surface area (Å²) < 4.78 is 5.21. The van der Waals surface area contributed by atoms with Gasteiger partial charge in [0.05, 0.1) is 7.11 Å². The van der Waals surface area contributed by atoms with Gasteiger partial charge in [0.15, 0.2) is 0 Å². The van der Waals surface area contributed by atoms with Gasteiger partial charge in [-0.15, -0.1) is 0 Å². The maximum atomic E-state index is 5.21. The van der Waals surface area contributed by atoms with Crippen LogP contribution in [0.4, 0.5) is 0 Å².